The Morgan fingerprint density at radius 3 is 2.62 bits per heavy atom. The first-order chi connectivity index (χ1) is 10.1. The van der Waals surface area contributed by atoms with Gasteiger partial charge in [0.2, 0.25) is 0 Å². The van der Waals surface area contributed by atoms with Gasteiger partial charge in [-0.25, -0.2) is 14.1 Å². The molecule has 2 aromatic carbocycles. The van der Waals surface area contributed by atoms with Gasteiger partial charge in [0.25, 0.3) is 0 Å². The van der Waals surface area contributed by atoms with Crippen molar-refractivity contribution >= 4 is 17.3 Å². The molecule has 0 unspecified atom stereocenters. The first kappa shape index (κ1) is 13.6. The topological polar surface area (TPSA) is 56.7 Å². The van der Waals surface area contributed by atoms with Gasteiger partial charge in [0.05, 0.1) is 6.54 Å². The molecule has 0 aliphatic rings. The Bertz CT molecular complexity index is 768. The summed E-state index contributed by atoms with van der Waals surface area (Å²) in [6, 6.07) is 11.6. The number of hydrogen-bond donors (Lipinski definition) is 1. The minimum Gasteiger partial charge on any atom is -0.399 e. The predicted molar refractivity (Wildman–Crippen MR) is 80.4 cm³/mol. The lowest BCUT2D eigenvalue weighted by Gasteiger charge is -2.04. The second kappa shape index (κ2) is 5.54. The first-order valence-electron chi connectivity index (χ1n) is 6.31. The van der Waals surface area contributed by atoms with E-state index in [0.29, 0.717) is 23.1 Å². The lowest BCUT2D eigenvalue weighted by Crippen LogP contribution is -2.01. The Labute approximate surface area is 126 Å². The molecule has 0 aliphatic heterocycles. The predicted octanol–water partition coefficient (Wildman–Crippen LogP) is 3.37. The maximum absolute atomic E-state index is 13.0. The zero-order valence-electron chi connectivity index (χ0n) is 11.0. The van der Waals surface area contributed by atoms with Crippen LogP contribution in [0, 0.1) is 5.82 Å². The van der Waals surface area contributed by atoms with E-state index in [2.05, 4.69) is 10.1 Å². The maximum Gasteiger partial charge on any atom is 0.181 e. The highest BCUT2D eigenvalue weighted by molar-refractivity contribution is 6.31. The van der Waals surface area contributed by atoms with Crippen molar-refractivity contribution in [3.8, 4) is 11.4 Å². The van der Waals surface area contributed by atoms with Crippen LogP contribution >= 0.6 is 11.6 Å². The molecular weight excluding hydrogens is 291 g/mol. The molecule has 1 heterocycles. The lowest BCUT2D eigenvalue weighted by molar-refractivity contribution is 0.624. The largest absolute Gasteiger partial charge is 0.399 e. The number of nitrogens with zero attached hydrogens (tertiary/aromatic N) is 3. The molecule has 0 spiro atoms. The fourth-order valence-electron chi connectivity index (χ4n) is 1.96. The van der Waals surface area contributed by atoms with Crippen LogP contribution in [0.3, 0.4) is 0 Å². The van der Waals surface area contributed by atoms with Crippen LogP contribution in [0.15, 0.2) is 48.8 Å². The van der Waals surface area contributed by atoms with Crippen molar-refractivity contribution in [2.75, 3.05) is 5.73 Å². The number of rotatable bonds is 3. The van der Waals surface area contributed by atoms with E-state index in [9.17, 15) is 4.39 Å². The molecule has 0 bridgehead atoms. The van der Waals surface area contributed by atoms with Crippen LogP contribution in [0.25, 0.3) is 11.4 Å². The number of hydrogen-bond acceptors (Lipinski definition) is 3. The highest BCUT2D eigenvalue weighted by atomic mass is 35.5. The molecule has 106 valence electrons. The van der Waals surface area contributed by atoms with Gasteiger partial charge >= 0.3 is 0 Å². The maximum atomic E-state index is 13.0. The summed E-state index contributed by atoms with van der Waals surface area (Å²) in [5, 5.41) is 4.76. The van der Waals surface area contributed by atoms with E-state index >= 15 is 0 Å². The van der Waals surface area contributed by atoms with Crippen LogP contribution < -0.4 is 5.73 Å². The average molecular weight is 303 g/mol. The van der Waals surface area contributed by atoms with Gasteiger partial charge < -0.3 is 5.73 Å². The molecule has 21 heavy (non-hydrogen) atoms. The van der Waals surface area contributed by atoms with Crippen LogP contribution in [-0.2, 0) is 6.54 Å². The molecule has 0 atom stereocenters. The van der Waals surface area contributed by atoms with E-state index in [-0.39, 0.29) is 5.82 Å². The summed E-state index contributed by atoms with van der Waals surface area (Å²) in [4.78, 5) is 4.25. The average Bonchev–Trinajstić information content (AvgIpc) is 2.91. The van der Waals surface area contributed by atoms with Gasteiger partial charge in [0.15, 0.2) is 5.82 Å². The zero-order valence-corrected chi connectivity index (χ0v) is 11.8. The molecule has 6 heteroatoms. The number of anilines is 1. The van der Waals surface area contributed by atoms with Gasteiger partial charge in [-0.15, -0.1) is 0 Å². The Morgan fingerprint density at radius 2 is 1.90 bits per heavy atom. The number of benzene rings is 2. The minimum absolute atomic E-state index is 0.357. The van der Waals surface area contributed by atoms with E-state index in [1.165, 1.54) is 12.1 Å². The van der Waals surface area contributed by atoms with E-state index in [0.717, 1.165) is 11.1 Å². The van der Waals surface area contributed by atoms with Crippen molar-refractivity contribution in [3.05, 3.63) is 65.2 Å². The molecule has 0 aliphatic carbocycles. The Hall–Kier alpha value is -2.40. The monoisotopic (exact) mass is 302 g/mol. The van der Waals surface area contributed by atoms with Crippen LogP contribution in [0.5, 0.6) is 0 Å². The molecule has 0 fully saturated rings. The van der Waals surface area contributed by atoms with E-state index in [1.807, 2.05) is 12.1 Å². The standard InChI is InChI=1S/C15H12ClFN4/c16-14-7-12(17)4-1-11(14)8-21-9-19-15(20-21)10-2-5-13(18)6-3-10/h1-7,9H,8,18H2. The summed E-state index contributed by atoms with van der Waals surface area (Å²) in [5.41, 5.74) is 8.01. The number of nitrogens with two attached hydrogens (primary N) is 1. The fourth-order valence-corrected chi connectivity index (χ4v) is 2.19. The summed E-state index contributed by atoms with van der Waals surface area (Å²) in [6.07, 6.45) is 1.62. The molecule has 3 aromatic rings. The summed E-state index contributed by atoms with van der Waals surface area (Å²) < 4.78 is 14.7. The third-order valence-electron chi connectivity index (χ3n) is 3.05. The molecule has 3 rings (SSSR count). The third kappa shape index (κ3) is 3.03. The van der Waals surface area contributed by atoms with Crippen LogP contribution in [0.1, 0.15) is 5.56 Å². The minimum atomic E-state index is -0.357. The summed E-state index contributed by atoms with van der Waals surface area (Å²) in [5.74, 6) is 0.248. The van der Waals surface area contributed by atoms with Gasteiger partial charge in [-0.2, -0.15) is 5.10 Å². The SMILES string of the molecule is Nc1ccc(-c2ncn(Cc3ccc(F)cc3Cl)n2)cc1. The van der Waals surface area contributed by atoms with Crippen molar-refractivity contribution in [3.63, 3.8) is 0 Å². The highest BCUT2D eigenvalue weighted by Gasteiger charge is 2.07. The van der Waals surface area contributed by atoms with Crippen molar-refractivity contribution in [2.45, 2.75) is 6.54 Å². The van der Waals surface area contributed by atoms with Crippen molar-refractivity contribution in [2.24, 2.45) is 0 Å². The normalized spacial score (nSPS) is 10.8. The highest BCUT2D eigenvalue weighted by Crippen LogP contribution is 2.19. The second-order valence-electron chi connectivity index (χ2n) is 4.62. The van der Waals surface area contributed by atoms with Gasteiger partial charge in [-0.3, -0.25) is 0 Å². The third-order valence-corrected chi connectivity index (χ3v) is 3.40. The van der Waals surface area contributed by atoms with Gasteiger partial charge in [-0.05, 0) is 42.0 Å². The van der Waals surface area contributed by atoms with Crippen LogP contribution in [0.4, 0.5) is 10.1 Å². The summed E-state index contributed by atoms with van der Waals surface area (Å²) in [7, 11) is 0. The number of nitrogen functional groups attached to an aromatic ring is 1. The van der Waals surface area contributed by atoms with Gasteiger partial charge in [0, 0.05) is 16.3 Å². The smallest absolute Gasteiger partial charge is 0.181 e. The first-order valence-corrected chi connectivity index (χ1v) is 6.69. The van der Waals surface area contributed by atoms with E-state index < -0.39 is 0 Å². The van der Waals surface area contributed by atoms with Crippen molar-refractivity contribution < 1.29 is 4.39 Å². The molecule has 1 aromatic heterocycles. The van der Waals surface area contributed by atoms with E-state index in [1.54, 1.807) is 29.2 Å². The van der Waals surface area contributed by atoms with Gasteiger partial charge in [0.1, 0.15) is 12.1 Å². The number of halogens is 2. The zero-order chi connectivity index (χ0) is 14.8. The quantitative estimate of drug-likeness (QED) is 0.755. The molecule has 4 nitrogen and oxygen atoms in total. The number of aromatic nitrogens is 3. The molecule has 0 saturated carbocycles. The van der Waals surface area contributed by atoms with Crippen molar-refractivity contribution in [1.82, 2.24) is 14.8 Å². The molecule has 0 radical (unpaired) electrons. The fraction of sp³-hybridized carbons (Fsp3) is 0.0667. The Balaban J connectivity index is 1.83. The molecular formula is C15H12ClFN4. The van der Waals surface area contributed by atoms with Crippen molar-refractivity contribution in [1.29, 1.82) is 0 Å². The Morgan fingerprint density at radius 1 is 1.14 bits per heavy atom. The summed E-state index contributed by atoms with van der Waals surface area (Å²) in [6.45, 7) is 0.432. The second-order valence-corrected chi connectivity index (χ2v) is 5.03. The van der Waals surface area contributed by atoms with Gasteiger partial charge in [-0.1, -0.05) is 17.7 Å². The van der Waals surface area contributed by atoms with Crippen LogP contribution in [0.2, 0.25) is 5.02 Å². The molecule has 0 amide bonds. The lowest BCUT2D eigenvalue weighted by atomic mass is 10.2. The Kier molecular flexibility index (Phi) is 3.58. The molecule has 0 saturated heterocycles. The summed E-state index contributed by atoms with van der Waals surface area (Å²) >= 11 is 6.01. The van der Waals surface area contributed by atoms with Crippen LogP contribution in [-0.4, -0.2) is 14.8 Å². The van der Waals surface area contributed by atoms with E-state index in [4.69, 9.17) is 17.3 Å². The molecule has 2 N–H and O–H groups in total.